The van der Waals surface area contributed by atoms with E-state index in [0.717, 1.165) is 26.6 Å². The second kappa shape index (κ2) is 6.15. The number of nitrogens with zero attached hydrogens (tertiary/aromatic N) is 2. The van der Waals surface area contributed by atoms with Crippen LogP contribution in [0.4, 0.5) is 0 Å². The Morgan fingerprint density at radius 1 is 1.00 bits per heavy atom. The molecule has 1 rings (SSSR count). The molecule has 0 aliphatic carbocycles. The van der Waals surface area contributed by atoms with E-state index >= 15 is 0 Å². The summed E-state index contributed by atoms with van der Waals surface area (Å²) < 4.78 is 26.7. The van der Waals surface area contributed by atoms with Gasteiger partial charge in [0, 0.05) is 21.1 Å². The average molecular weight is 312 g/mol. The first-order valence-corrected chi connectivity index (χ1v) is 8.18. The topological polar surface area (TPSA) is 57.7 Å². The first kappa shape index (κ1) is 17.7. The van der Waals surface area contributed by atoms with Crippen LogP contribution in [0.2, 0.25) is 0 Å². The van der Waals surface area contributed by atoms with Crippen LogP contribution in [-0.4, -0.2) is 51.2 Å². The van der Waals surface area contributed by atoms with E-state index in [0.29, 0.717) is 4.90 Å². The van der Waals surface area contributed by atoms with E-state index in [2.05, 4.69) is 0 Å². The van der Waals surface area contributed by atoms with Crippen LogP contribution in [0.1, 0.15) is 22.3 Å². The van der Waals surface area contributed by atoms with Gasteiger partial charge >= 0.3 is 0 Å². The predicted molar refractivity (Wildman–Crippen MR) is 83.9 cm³/mol. The SMILES string of the molecule is Cc1cc(C)c(C)c(S(=O)(=O)N(C)CC(=O)N(C)C)c1C. The third kappa shape index (κ3) is 3.44. The molecule has 0 heterocycles. The minimum Gasteiger partial charge on any atom is -0.348 e. The van der Waals surface area contributed by atoms with E-state index in [4.69, 9.17) is 0 Å². The summed E-state index contributed by atoms with van der Waals surface area (Å²) in [6.07, 6.45) is 0. The maximum Gasteiger partial charge on any atom is 0.243 e. The van der Waals surface area contributed by atoms with Crippen LogP contribution < -0.4 is 0 Å². The van der Waals surface area contributed by atoms with E-state index in [-0.39, 0.29) is 12.5 Å². The molecule has 5 nitrogen and oxygen atoms in total. The summed E-state index contributed by atoms with van der Waals surface area (Å²) >= 11 is 0. The lowest BCUT2D eigenvalue weighted by Crippen LogP contribution is -2.38. The molecule has 0 fully saturated rings. The smallest absolute Gasteiger partial charge is 0.243 e. The van der Waals surface area contributed by atoms with Crippen LogP contribution in [-0.2, 0) is 14.8 Å². The number of hydrogen-bond donors (Lipinski definition) is 0. The molecule has 0 bridgehead atoms. The van der Waals surface area contributed by atoms with Crippen LogP contribution in [0.3, 0.4) is 0 Å². The van der Waals surface area contributed by atoms with Crippen molar-refractivity contribution < 1.29 is 13.2 Å². The number of likely N-dealkylation sites (N-methyl/N-ethyl adjacent to an activating group) is 2. The van der Waals surface area contributed by atoms with Gasteiger partial charge in [0.2, 0.25) is 15.9 Å². The number of hydrogen-bond acceptors (Lipinski definition) is 3. The van der Waals surface area contributed by atoms with E-state index in [1.807, 2.05) is 19.9 Å². The van der Waals surface area contributed by atoms with Gasteiger partial charge in [-0.3, -0.25) is 4.79 Å². The first-order valence-electron chi connectivity index (χ1n) is 6.74. The predicted octanol–water partition coefficient (Wildman–Crippen LogP) is 1.63. The van der Waals surface area contributed by atoms with E-state index in [1.165, 1.54) is 11.9 Å². The number of carbonyl (C=O) groups is 1. The molecule has 0 atom stereocenters. The Morgan fingerprint density at radius 3 is 1.81 bits per heavy atom. The monoisotopic (exact) mass is 312 g/mol. The maximum atomic E-state index is 12.8. The molecule has 21 heavy (non-hydrogen) atoms. The fraction of sp³-hybridized carbons (Fsp3) is 0.533. The van der Waals surface area contributed by atoms with Gasteiger partial charge in [-0.05, 0) is 49.9 Å². The van der Waals surface area contributed by atoms with Crippen molar-refractivity contribution in [1.29, 1.82) is 0 Å². The highest BCUT2D eigenvalue weighted by molar-refractivity contribution is 7.89. The van der Waals surface area contributed by atoms with Crippen molar-refractivity contribution in [2.45, 2.75) is 32.6 Å². The largest absolute Gasteiger partial charge is 0.348 e. The summed E-state index contributed by atoms with van der Waals surface area (Å²) in [4.78, 5) is 13.5. The molecule has 0 saturated carbocycles. The molecule has 0 unspecified atom stereocenters. The highest BCUT2D eigenvalue weighted by Crippen LogP contribution is 2.28. The summed E-state index contributed by atoms with van der Waals surface area (Å²) in [5, 5.41) is 0. The van der Waals surface area contributed by atoms with Gasteiger partial charge in [-0.1, -0.05) is 6.07 Å². The van der Waals surface area contributed by atoms with Crippen LogP contribution >= 0.6 is 0 Å². The Kier molecular flexibility index (Phi) is 5.17. The number of carbonyl (C=O) groups excluding carboxylic acids is 1. The molecule has 1 amide bonds. The second-order valence-electron chi connectivity index (χ2n) is 5.64. The summed E-state index contributed by atoms with van der Waals surface area (Å²) in [5.41, 5.74) is 3.34. The van der Waals surface area contributed by atoms with E-state index in [9.17, 15) is 13.2 Å². The van der Waals surface area contributed by atoms with Crippen molar-refractivity contribution >= 4 is 15.9 Å². The summed E-state index contributed by atoms with van der Waals surface area (Å²) in [7, 11) is 0.964. The van der Waals surface area contributed by atoms with Gasteiger partial charge in [0.25, 0.3) is 0 Å². The zero-order chi connectivity index (χ0) is 16.5. The van der Waals surface area contributed by atoms with Gasteiger partial charge < -0.3 is 4.90 Å². The zero-order valence-electron chi connectivity index (χ0n) is 13.8. The molecular formula is C15H24N2O3S. The van der Waals surface area contributed by atoms with Crippen molar-refractivity contribution in [1.82, 2.24) is 9.21 Å². The van der Waals surface area contributed by atoms with Crippen LogP contribution in [0, 0.1) is 27.7 Å². The van der Waals surface area contributed by atoms with Gasteiger partial charge in [0.1, 0.15) is 0 Å². The van der Waals surface area contributed by atoms with Gasteiger partial charge in [-0.2, -0.15) is 4.31 Å². The number of sulfonamides is 1. The lowest BCUT2D eigenvalue weighted by molar-refractivity contribution is -0.128. The molecule has 0 spiro atoms. The molecule has 1 aromatic rings. The highest BCUT2D eigenvalue weighted by Gasteiger charge is 2.28. The number of benzene rings is 1. The summed E-state index contributed by atoms with van der Waals surface area (Å²) in [6, 6.07) is 1.98. The van der Waals surface area contributed by atoms with Crippen molar-refractivity contribution in [3.05, 3.63) is 28.3 Å². The molecule has 6 heteroatoms. The quantitative estimate of drug-likeness (QED) is 0.849. The van der Waals surface area contributed by atoms with Crippen molar-refractivity contribution in [3.63, 3.8) is 0 Å². The number of amides is 1. The highest BCUT2D eigenvalue weighted by atomic mass is 32.2. The van der Waals surface area contributed by atoms with Crippen LogP contribution in [0.25, 0.3) is 0 Å². The number of aryl methyl sites for hydroxylation is 2. The molecule has 0 aromatic heterocycles. The molecule has 1 aromatic carbocycles. The van der Waals surface area contributed by atoms with Crippen molar-refractivity contribution in [2.24, 2.45) is 0 Å². The zero-order valence-corrected chi connectivity index (χ0v) is 14.6. The van der Waals surface area contributed by atoms with Gasteiger partial charge in [0.15, 0.2) is 0 Å². The number of rotatable bonds is 4. The fourth-order valence-electron chi connectivity index (χ4n) is 2.14. The molecule has 0 aliphatic heterocycles. The molecule has 0 radical (unpaired) electrons. The van der Waals surface area contributed by atoms with Crippen molar-refractivity contribution in [2.75, 3.05) is 27.7 Å². The minimum atomic E-state index is -3.69. The standard InChI is InChI=1S/C15H24N2O3S/c1-10-8-11(2)13(4)15(12(10)3)21(19,20)17(7)9-14(18)16(5)6/h8H,9H2,1-7H3. The Balaban J connectivity index is 3.35. The molecule has 118 valence electrons. The van der Waals surface area contributed by atoms with Crippen LogP contribution in [0.5, 0.6) is 0 Å². The van der Waals surface area contributed by atoms with Gasteiger partial charge in [0.05, 0.1) is 11.4 Å². The Hall–Kier alpha value is -1.40. The van der Waals surface area contributed by atoms with E-state index in [1.54, 1.807) is 27.9 Å². The molecule has 0 N–H and O–H groups in total. The lowest BCUT2D eigenvalue weighted by atomic mass is 10.0. The average Bonchev–Trinajstić information content (AvgIpc) is 2.36. The Labute approximate surface area is 127 Å². The molecule has 0 aliphatic rings. The second-order valence-corrected chi connectivity index (χ2v) is 7.62. The normalized spacial score (nSPS) is 11.8. The lowest BCUT2D eigenvalue weighted by Gasteiger charge is -2.22. The third-order valence-corrected chi connectivity index (χ3v) is 5.90. The summed E-state index contributed by atoms with van der Waals surface area (Å²) in [6.45, 7) is 7.23. The third-order valence-electron chi connectivity index (χ3n) is 3.82. The maximum absolute atomic E-state index is 12.8. The van der Waals surface area contributed by atoms with Crippen molar-refractivity contribution in [3.8, 4) is 0 Å². The van der Waals surface area contributed by atoms with Crippen LogP contribution in [0.15, 0.2) is 11.0 Å². The van der Waals surface area contributed by atoms with E-state index < -0.39 is 10.0 Å². The first-order chi connectivity index (χ1) is 9.50. The molecular weight excluding hydrogens is 288 g/mol. The summed E-state index contributed by atoms with van der Waals surface area (Å²) in [5.74, 6) is -0.249. The fourth-order valence-corrected chi connectivity index (χ4v) is 3.83. The minimum absolute atomic E-state index is 0.165. The Bertz CT molecular complexity index is 638. The van der Waals surface area contributed by atoms with Gasteiger partial charge in [-0.15, -0.1) is 0 Å². The van der Waals surface area contributed by atoms with Gasteiger partial charge in [-0.25, -0.2) is 8.42 Å². The Morgan fingerprint density at radius 2 is 1.43 bits per heavy atom. The molecule has 0 saturated heterocycles.